The molecule has 0 amide bonds. The van der Waals surface area contributed by atoms with Gasteiger partial charge in [-0.1, -0.05) is 18.2 Å². The fourth-order valence-electron chi connectivity index (χ4n) is 2.31. The Hall–Kier alpha value is -1.74. The molecular formula is C14H13NO2. The third-order valence-corrected chi connectivity index (χ3v) is 3.17. The van der Waals surface area contributed by atoms with Gasteiger partial charge in [-0.25, -0.2) is 0 Å². The molecule has 0 bridgehead atoms. The van der Waals surface area contributed by atoms with E-state index < -0.39 is 0 Å². The second-order valence-corrected chi connectivity index (χ2v) is 4.30. The molecule has 1 saturated heterocycles. The van der Waals surface area contributed by atoms with Crippen molar-refractivity contribution in [3.05, 3.63) is 42.2 Å². The summed E-state index contributed by atoms with van der Waals surface area (Å²) < 4.78 is 5.70. The van der Waals surface area contributed by atoms with Crippen LogP contribution in [0.15, 0.2) is 36.7 Å². The number of carbonyl (C=O) groups excluding carboxylic acids is 1. The van der Waals surface area contributed by atoms with Crippen LogP contribution in [-0.4, -0.2) is 17.4 Å². The molecule has 0 radical (unpaired) electrons. The lowest BCUT2D eigenvalue weighted by atomic mass is 9.96. The lowest BCUT2D eigenvalue weighted by Gasteiger charge is -2.23. The van der Waals surface area contributed by atoms with Gasteiger partial charge in [0.1, 0.15) is 5.78 Å². The van der Waals surface area contributed by atoms with E-state index in [1.807, 2.05) is 30.5 Å². The van der Waals surface area contributed by atoms with Gasteiger partial charge in [-0.2, -0.15) is 0 Å². The number of aromatic nitrogens is 1. The zero-order valence-electron chi connectivity index (χ0n) is 9.43. The average molecular weight is 227 g/mol. The van der Waals surface area contributed by atoms with Gasteiger partial charge >= 0.3 is 0 Å². The molecule has 0 N–H and O–H groups in total. The number of hydrogen-bond donors (Lipinski definition) is 0. The van der Waals surface area contributed by atoms with E-state index in [9.17, 15) is 4.79 Å². The summed E-state index contributed by atoms with van der Waals surface area (Å²) in [7, 11) is 0. The molecule has 3 nitrogen and oxygen atoms in total. The summed E-state index contributed by atoms with van der Waals surface area (Å²) in [5.74, 6) is 0.285. The van der Waals surface area contributed by atoms with Crippen LogP contribution < -0.4 is 0 Å². The molecule has 3 heteroatoms. The van der Waals surface area contributed by atoms with Crippen molar-refractivity contribution in [1.82, 2.24) is 4.98 Å². The van der Waals surface area contributed by atoms with Crippen LogP contribution in [0.1, 0.15) is 24.5 Å². The van der Waals surface area contributed by atoms with Gasteiger partial charge in [-0.3, -0.25) is 9.78 Å². The molecule has 0 aliphatic carbocycles. The third-order valence-electron chi connectivity index (χ3n) is 3.17. The minimum atomic E-state index is -0.0950. The second kappa shape index (κ2) is 4.26. The molecule has 1 aromatic carbocycles. The number of fused-ring (bicyclic) bond motifs is 1. The van der Waals surface area contributed by atoms with Gasteiger partial charge in [0.2, 0.25) is 0 Å². The lowest BCUT2D eigenvalue weighted by molar-refractivity contribution is -0.128. The monoisotopic (exact) mass is 227 g/mol. The van der Waals surface area contributed by atoms with Gasteiger partial charge in [0.25, 0.3) is 0 Å². The number of rotatable bonds is 1. The zero-order valence-corrected chi connectivity index (χ0v) is 9.43. The van der Waals surface area contributed by atoms with Crippen molar-refractivity contribution in [1.29, 1.82) is 0 Å². The van der Waals surface area contributed by atoms with Gasteiger partial charge < -0.3 is 4.74 Å². The molecule has 1 fully saturated rings. The van der Waals surface area contributed by atoms with E-state index in [0.717, 1.165) is 16.3 Å². The first-order valence-electron chi connectivity index (χ1n) is 5.80. The number of Topliss-reactive ketones (excluding diaryl/α,β-unsaturated/α-hetero) is 1. The highest BCUT2D eigenvalue weighted by atomic mass is 16.5. The van der Waals surface area contributed by atoms with Crippen molar-refractivity contribution >= 4 is 16.6 Å². The predicted molar refractivity (Wildman–Crippen MR) is 64.7 cm³/mol. The molecule has 2 heterocycles. The molecule has 1 aliphatic rings. The predicted octanol–water partition coefficient (Wildman–Crippen LogP) is 2.66. The minimum absolute atomic E-state index is 0.0950. The van der Waals surface area contributed by atoms with Gasteiger partial charge in [-0.15, -0.1) is 0 Å². The molecule has 2 aromatic rings. The van der Waals surface area contributed by atoms with Crippen LogP contribution in [0.4, 0.5) is 0 Å². The fourth-order valence-corrected chi connectivity index (χ4v) is 2.31. The Morgan fingerprint density at radius 1 is 1.29 bits per heavy atom. The highest BCUT2D eigenvalue weighted by Crippen LogP contribution is 2.31. The average Bonchev–Trinajstić information content (AvgIpc) is 2.38. The van der Waals surface area contributed by atoms with Gasteiger partial charge in [0.05, 0.1) is 12.7 Å². The third kappa shape index (κ3) is 1.94. The standard InChI is InChI=1S/C14H13NO2/c16-11-5-7-17-14(8-11)13-3-1-2-10-9-15-6-4-12(10)13/h1-4,6,9,14H,5,7-8H2. The Morgan fingerprint density at radius 2 is 2.24 bits per heavy atom. The lowest BCUT2D eigenvalue weighted by Crippen LogP contribution is -2.19. The van der Waals surface area contributed by atoms with Gasteiger partial charge in [-0.05, 0) is 17.0 Å². The summed E-state index contributed by atoms with van der Waals surface area (Å²) in [6.07, 6.45) is 4.55. The SMILES string of the molecule is O=C1CCOC(c2cccc3cnccc23)C1. The van der Waals surface area contributed by atoms with Crippen LogP contribution in [0.5, 0.6) is 0 Å². The van der Waals surface area contributed by atoms with Crippen LogP contribution in [0.25, 0.3) is 10.8 Å². The summed E-state index contributed by atoms with van der Waals surface area (Å²) in [5.41, 5.74) is 1.10. The number of carbonyl (C=O) groups is 1. The Kier molecular flexibility index (Phi) is 2.61. The highest BCUT2D eigenvalue weighted by molar-refractivity contribution is 5.86. The van der Waals surface area contributed by atoms with E-state index in [2.05, 4.69) is 4.98 Å². The molecule has 0 saturated carbocycles. The molecule has 1 aliphatic heterocycles. The number of pyridine rings is 1. The fraction of sp³-hybridized carbons (Fsp3) is 0.286. The molecule has 1 aromatic heterocycles. The molecule has 3 rings (SSSR count). The van der Waals surface area contributed by atoms with E-state index in [1.165, 1.54) is 0 Å². The van der Waals surface area contributed by atoms with Crippen LogP contribution in [0, 0.1) is 0 Å². The van der Waals surface area contributed by atoms with Crippen molar-refractivity contribution in [2.75, 3.05) is 6.61 Å². The van der Waals surface area contributed by atoms with E-state index in [1.54, 1.807) is 6.20 Å². The zero-order chi connectivity index (χ0) is 11.7. The normalized spacial score (nSPS) is 20.7. The smallest absolute Gasteiger partial charge is 0.138 e. The topological polar surface area (TPSA) is 39.2 Å². The van der Waals surface area contributed by atoms with E-state index in [0.29, 0.717) is 19.4 Å². The molecular weight excluding hydrogens is 214 g/mol. The molecule has 0 spiro atoms. The largest absolute Gasteiger partial charge is 0.373 e. The van der Waals surface area contributed by atoms with Crippen molar-refractivity contribution in [2.24, 2.45) is 0 Å². The van der Waals surface area contributed by atoms with Crippen LogP contribution in [0.2, 0.25) is 0 Å². The van der Waals surface area contributed by atoms with Crippen LogP contribution in [0.3, 0.4) is 0 Å². The quantitative estimate of drug-likeness (QED) is 0.751. The molecule has 86 valence electrons. The molecule has 1 atom stereocenters. The summed E-state index contributed by atoms with van der Waals surface area (Å²) in [5, 5.41) is 2.22. The van der Waals surface area contributed by atoms with E-state index in [4.69, 9.17) is 4.74 Å². The van der Waals surface area contributed by atoms with E-state index >= 15 is 0 Å². The summed E-state index contributed by atoms with van der Waals surface area (Å²) in [4.78, 5) is 15.6. The number of ether oxygens (including phenoxy) is 1. The van der Waals surface area contributed by atoms with Crippen molar-refractivity contribution in [3.63, 3.8) is 0 Å². The second-order valence-electron chi connectivity index (χ2n) is 4.30. The Morgan fingerprint density at radius 3 is 3.12 bits per heavy atom. The first-order chi connectivity index (χ1) is 8.34. The Bertz CT molecular complexity index is 560. The number of ketones is 1. The van der Waals surface area contributed by atoms with Gasteiger partial charge in [0.15, 0.2) is 0 Å². The first-order valence-corrected chi connectivity index (χ1v) is 5.80. The van der Waals surface area contributed by atoms with Crippen molar-refractivity contribution < 1.29 is 9.53 Å². The summed E-state index contributed by atoms with van der Waals surface area (Å²) in [6, 6.07) is 8.02. The Labute approximate surface area is 99.4 Å². The summed E-state index contributed by atoms with van der Waals surface area (Å²) >= 11 is 0. The number of hydrogen-bond acceptors (Lipinski definition) is 3. The highest BCUT2D eigenvalue weighted by Gasteiger charge is 2.22. The van der Waals surface area contributed by atoms with Gasteiger partial charge in [0, 0.05) is 30.6 Å². The van der Waals surface area contributed by atoms with Crippen LogP contribution in [-0.2, 0) is 9.53 Å². The first kappa shape index (κ1) is 10.4. The minimum Gasteiger partial charge on any atom is -0.373 e. The Balaban J connectivity index is 2.07. The number of nitrogens with zero attached hydrogens (tertiary/aromatic N) is 1. The van der Waals surface area contributed by atoms with Crippen LogP contribution >= 0.6 is 0 Å². The number of benzene rings is 1. The summed E-state index contributed by atoms with van der Waals surface area (Å²) in [6.45, 7) is 0.533. The van der Waals surface area contributed by atoms with Crippen molar-refractivity contribution in [3.8, 4) is 0 Å². The van der Waals surface area contributed by atoms with E-state index in [-0.39, 0.29) is 11.9 Å². The maximum atomic E-state index is 11.5. The maximum absolute atomic E-state index is 11.5. The van der Waals surface area contributed by atoms with Crippen molar-refractivity contribution in [2.45, 2.75) is 18.9 Å². The molecule has 1 unspecified atom stereocenters. The maximum Gasteiger partial charge on any atom is 0.138 e. The molecule has 17 heavy (non-hydrogen) atoms.